The third kappa shape index (κ3) is 4.15. The van der Waals surface area contributed by atoms with Crippen LogP contribution in [0, 0.1) is 0 Å². The SMILES string of the molecule is COc1ccc(N(C)CCCC(=O)O)cc1Cl. The minimum absolute atomic E-state index is 0.175. The molecule has 0 fully saturated rings. The van der Waals surface area contributed by atoms with Gasteiger partial charge in [0.1, 0.15) is 5.75 Å². The first-order chi connectivity index (χ1) is 8.04. The van der Waals surface area contributed by atoms with E-state index in [1.165, 1.54) is 0 Å². The van der Waals surface area contributed by atoms with E-state index in [1.54, 1.807) is 19.2 Å². The highest BCUT2D eigenvalue weighted by atomic mass is 35.5. The summed E-state index contributed by atoms with van der Waals surface area (Å²) in [5.74, 6) is -0.138. The zero-order valence-electron chi connectivity index (χ0n) is 9.94. The second kappa shape index (κ2) is 6.35. The molecule has 0 aliphatic heterocycles. The minimum atomic E-state index is -0.772. The van der Waals surface area contributed by atoms with Gasteiger partial charge in [0.15, 0.2) is 0 Å². The Morgan fingerprint density at radius 3 is 2.76 bits per heavy atom. The van der Waals surface area contributed by atoms with Crippen molar-refractivity contribution in [3.8, 4) is 5.75 Å². The third-order valence-electron chi connectivity index (χ3n) is 2.46. The zero-order chi connectivity index (χ0) is 12.8. The molecular formula is C12H16ClNO3. The second-order valence-corrected chi connectivity index (χ2v) is 4.14. The van der Waals surface area contributed by atoms with Crippen LogP contribution in [0.25, 0.3) is 0 Å². The van der Waals surface area contributed by atoms with Crippen LogP contribution in [0.3, 0.4) is 0 Å². The quantitative estimate of drug-likeness (QED) is 0.851. The molecule has 0 saturated carbocycles. The number of aliphatic carboxylic acids is 1. The Morgan fingerprint density at radius 2 is 2.24 bits per heavy atom. The lowest BCUT2D eigenvalue weighted by Gasteiger charge is -2.19. The summed E-state index contributed by atoms with van der Waals surface area (Å²) in [4.78, 5) is 12.4. The number of hydrogen-bond donors (Lipinski definition) is 1. The second-order valence-electron chi connectivity index (χ2n) is 3.74. The predicted molar refractivity (Wildman–Crippen MR) is 68.1 cm³/mol. The summed E-state index contributed by atoms with van der Waals surface area (Å²) in [6, 6.07) is 5.50. The monoisotopic (exact) mass is 257 g/mol. The van der Waals surface area contributed by atoms with Crippen molar-refractivity contribution in [1.29, 1.82) is 0 Å². The molecule has 0 radical (unpaired) electrons. The topological polar surface area (TPSA) is 49.8 Å². The highest BCUT2D eigenvalue weighted by Crippen LogP contribution is 2.28. The van der Waals surface area contributed by atoms with E-state index in [9.17, 15) is 4.79 Å². The molecule has 0 aliphatic carbocycles. The summed E-state index contributed by atoms with van der Waals surface area (Å²) in [7, 11) is 3.47. The number of carboxylic acids is 1. The average Bonchev–Trinajstić information content (AvgIpc) is 2.28. The van der Waals surface area contributed by atoms with Crippen molar-refractivity contribution in [2.45, 2.75) is 12.8 Å². The number of benzene rings is 1. The molecule has 0 aromatic heterocycles. The van der Waals surface area contributed by atoms with Gasteiger partial charge in [0.05, 0.1) is 12.1 Å². The summed E-state index contributed by atoms with van der Waals surface area (Å²) in [5, 5.41) is 9.10. The molecule has 1 rings (SSSR count). The van der Waals surface area contributed by atoms with E-state index in [0.717, 1.165) is 5.69 Å². The van der Waals surface area contributed by atoms with E-state index in [1.807, 2.05) is 18.0 Å². The normalized spacial score (nSPS) is 10.1. The van der Waals surface area contributed by atoms with E-state index in [2.05, 4.69) is 0 Å². The van der Waals surface area contributed by atoms with Crippen LogP contribution in [0.2, 0.25) is 5.02 Å². The van der Waals surface area contributed by atoms with Gasteiger partial charge in [-0.15, -0.1) is 0 Å². The third-order valence-corrected chi connectivity index (χ3v) is 2.76. The number of halogens is 1. The maximum absolute atomic E-state index is 10.4. The zero-order valence-corrected chi connectivity index (χ0v) is 10.7. The molecular weight excluding hydrogens is 242 g/mol. The highest BCUT2D eigenvalue weighted by molar-refractivity contribution is 6.32. The van der Waals surface area contributed by atoms with Gasteiger partial charge in [0, 0.05) is 25.7 Å². The molecule has 0 unspecified atom stereocenters. The van der Waals surface area contributed by atoms with Gasteiger partial charge >= 0.3 is 5.97 Å². The summed E-state index contributed by atoms with van der Waals surface area (Å²) >= 11 is 6.01. The lowest BCUT2D eigenvalue weighted by Crippen LogP contribution is -2.19. The van der Waals surface area contributed by atoms with Crippen LogP contribution in [0.4, 0.5) is 5.69 Å². The molecule has 0 saturated heterocycles. The van der Waals surface area contributed by atoms with Gasteiger partial charge in [0.25, 0.3) is 0 Å². The Hall–Kier alpha value is -1.42. The summed E-state index contributed by atoms with van der Waals surface area (Å²) in [6.45, 7) is 0.676. The number of anilines is 1. The van der Waals surface area contributed by atoms with Crippen LogP contribution < -0.4 is 9.64 Å². The first kappa shape index (κ1) is 13.6. The lowest BCUT2D eigenvalue weighted by atomic mass is 10.2. The minimum Gasteiger partial charge on any atom is -0.495 e. The fourth-order valence-corrected chi connectivity index (χ4v) is 1.74. The molecule has 5 heteroatoms. The molecule has 1 aromatic carbocycles. The van der Waals surface area contributed by atoms with Gasteiger partial charge < -0.3 is 14.7 Å². The molecule has 0 amide bonds. The van der Waals surface area contributed by atoms with Gasteiger partial charge in [-0.2, -0.15) is 0 Å². The fraction of sp³-hybridized carbons (Fsp3) is 0.417. The van der Waals surface area contributed by atoms with E-state index >= 15 is 0 Å². The Balaban J connectivity index is 2.59. The van der Waals surface area contributed by atoms with Crippen molar-refractivity contribution in [3.63, 3.8) is 0 Å². The smallest absolute Gasteiger partial charge is 0.303 e. The van der Waals surface area contributed by atoms with E-state index < -0.39 is 5.97 Å². The molecule has 4 nitrogen and oxygen atoms in total. The van der Waals surface area contributed by atoms with Gasteiger partial charge in [-0.1, -0.05) is 11.6 Å². The molecule has 0 heterocycles. The largest absolute Gasteiger partial charge is 0.495 e. The van der Waals surface area contributed by atoms with Crippen molar-refractivity contribution in [3.05, 3.63) is 23.2 Å². The van der Waals surface area contributed by atoms with Gasteiger partial charge in [-0.3, -0.25) is 4.79 Å². The Morgan fingerprint density at radius 1 is 1.53 bits per heavy atom. The van der Waals surface area contributed by atoms with Crippen LogP contribution >= 0.6 is 11.6 Å². The summed E-state index contributed by atoms with van der Waals surface area (Å²) in [6.07, 6.45) is 0.781. The van der Waals surface area contributed by atoms with Crippen LogP contribution in [-0.4, -0.2) is 31.8 Å². The van der Waals surface area contributed by atoms with Crippen molar-refractivity contribution < 1.29 is 14.6 Å². The number of nitrogens with zero attached hydrogens (tertiary/aromatic N) is 1. The van der Waals surface area contributed by atoms with Crippen molar-refractivity contribution in [1.82, 2.24) is 0 Å². The van der Waals surface area contributed by atoms with Crippen LogP contribution in [-0.2, 0) is 4.79 Å². The predicted octanol–water partition coefficient (Wildman–Crippen LogP) is 2.65. The molecule has 0 bridgehead atoms. The van der Waals surface area contributed by atoms with Crippen molar-refractivity contribution >= 4 is 23.3 Å². The number of methoxy groups -OCH3 is 1. The molecule has 1 aromatic rings. The highest BCUT2D eigenvalue weighted by Gasteiger charge is 2.06. The van der Waals surface area contributed by atoms with E-state index in [0.29, 0.717) is 23.7 Å². The first-order valence-corrected chi connectivity index (χ1v) is 5.69. The number of ether oxygens (including phenoxy) is 1. The lowest BCUT2D eigenvalue weighted by molar-refractivity contribution is -0.137. The van der Waals surface area contributed by atoms with E-state index in [-0.39, 0.29) is 6.42 Å². The first-order valence-electron chi connectivity index (χ1n) is 5.31. The van der Waals surface area contributed by atoms with Gasteiger partial charge in [0.2, 0.25) is 0 Å². The van der Waals surface area contributed by atoms with E-state index in [4.69, 9.17) is 21.4 Å². The summed E-state index contributed by atoms with van der Waals surface area (Å²) < 4.78 is 5.06. The van der Waals surface area contributed by atoms with Crippen LogP contribution in [0.15, 0.2) is 18.2 Å². The molecule has 94 valence electrons. The Bertz CT molecular complexity index is 395. The Labute approximate surface area is 106 Å². The number of hydrogen-bond acceptors (Lipinski definition) is 3. The number of carbonyl (C=O) groups is 1. The van der Waals surface area contributed by atoms with Crippen LogP contribution in [0.1, 0.15) is 12.8 Å². The summed E-state index contributed by atoms with van der Waals surface area (Å²) in [5.41, 5.74) is 0.946. The molecule has 0 atom stereocenters. The van der Waals surface area contributed by atoms with Crippen LogP contribution in [0.5, 0.6) is 5.75 Å². The molecule has 17 heavy (non-hydrogen) atoms. The molecule has 0 aliphatic rings. The van der Waals surface area contributed by atoms with Gasteiger partial charge in [-0.05, 0) is 24.6 Å². The maximum atomic E-state index is 10.4. The fourth-order valence-electron chi connectivity index (χ4n) is 1.49. The van der Waals surface area contributed by atoms with Crippen molar-refractivity contribution in [2.24, 2.45) is 0 Å². The average molecular weight is 258 g/mol. The van der Waals surface area contributed by atoms with Gasteiger partial charge in [-0.25, -0.2) is 0 Å². The molecule has 0 spiro atoms. The Kier molecular flexibility index (Phi) is 5.10. The standard InChI is InChI=1S/C12H16ClNO3/c1-14(7-3-4-12(15)16)9-5-6-11(17-2)10(13)8-9/h5-6,8H,3-4,7H2,1-2H3,(H,15,16). The van der Waals surface area contributed by atoms with Crippen molar-refractivity contribution in [2.75, 3.05) is 25.6 Å². The maximum Gasteiger partial charge on any atom is 0.303 e. The number of rotatable bonds is 6. The molecule has 1 N–H and O–H groups in total. The number of carboxylic acid groups (broad SMARTS) is 1.